The summed E-state index contributed by atoms with van der Waals surface area (Å²) in [6.45, 7) is 6.55. The van der Waals surface area contributed by atoms with E-state index in [1.165, 1.54) is 6.26 Å². The lowest BCUT2D eigenvalue weighted by Crippen LogP contribution is -2.68. The standard InChI is InChI=1S/C25H33FN2O3S/c1-24(2)11-18-21(19(29)12-24)25(3,15-6-5-7-16(10-15)32(4,30)31)22-20(14-8-9-14)17(26)13-27-23(22)28-18/h5-7,10,14,17,20,22-23,27-28H,8-9,11-13H2,1-4H3/t17?,20?,22?,23?,25-/m0/s1. The van der Waals surface area contributed by atoms with Gasteiger partial charge < -0.3 is 5.32 Å². The van der Waals surface area contributed by atoms with Gasteiger partial charge in [-0.1, -0.05) is 32.9 Å². The zero-order chi connectivity index (χ0) is 23.1. The molecule has 0 aromatic heterocycles. The average molecular weight is 461 g/mol. The number of benzene rings is 1. The molecule has 2 fully saturated rings. The molecule has 7 heteroatoms. The first-order chi connectivity index (χ1) is 14.9. The van der Waals surface area contributed by atoms with Gasteiger partial charge in [0.25, 0.3) is 0 Å². The van der Waals surface area contributed by atoms with Gasteiger partial charge in [0.05, 0.1) is 11.1 Å². The number of allylic oxidation sites excluding steroid dienone is 2. The Balaban J connectivity index is 1.75. The van der Waals surface area contributed by atoms with E-state index in [-0.39, 0.29) is 34.1 Å². The molecule has 5 rings (SSSR count). The molecule has 5 atom stereocenters. The third kappa shape index (κ3) is 3.43. The number of ketones is 1. The van der Waals surface area contributed by atoms with Crippen molar-refractivity contribution in [2.24, 2.45) is 23.2 Å². The SMILES string of the molecule is CC1(C)CC(=O)C2=C(C1)NC1NCC(F)C(C3CC3)C1[C@@]2(C)c1cccc(S(C)(=O)=O)c1. The molecular weight excluding hydrogens is 427 g/mol. The summed E-state index contributed by atoms with van der Waals surface area (Å²) in [6.07, 6.45) is 3.27. The van der Waals surface area contributed by atoms with Crippen LogP contribution in [-0.2, 0) is 20.0 Å². The monoisotopic (exact) mass is 460 g/mol. The van der Waals surface area contributed by atoms with Crippen molar-refractivity contribution in [1.82, 2.24) is 10.6 Å². The highest BCUT2D eigenvalue weighted by molar-refractivity contribution is 7.90. The van der Waals surface area contributed by atoms with Crippen molar-refractivity contribution >= 4 is 15.6 Å². The maximum absolute atomic E-state index is 15.4. The minimum Gasteiger partial charge on any atom is -0.372 e. The maximum Gasteiger partial charge on any atom is 0.175 e. The Morgan fingerprint density at radius 1 is 1.12 bits per heavy atom. The first-order valence-electron chi connectivity index (χ1n) is 11.6. The van der Waals surface area contributed by atoms with Gasteiger partial charge in [0.2, 0.25) is 0 Å². The largest absolute Gasteiger partial charge is 0.372 e. The van der Waals surface area contributed by atoms with Crippen LogP contribution in [0.5, 0.6) is 0 Å². The maximum atomic E-state index is 15.4. The zero-order valence-corrected chi connectivity index (χ0v) is 20.1. The normalized spacial score (nSPS) is 36.8. The summed E-state index contributed by atoms with van der Waals surface area (Å²) >= 11 is 0. The van der Waals surface area contributed by atoms with Gasteiger partial charge in [-0.15, -0.1) is 0 Å². The summed E-state index contributed by atoms with van der Waals surface area (Å²) in [4.78, 5) is 13.9. The van der Waals surface area contributed by atoms with Gasteiger partial charge in [0.1, 0.15) is 6.17 Å². The summed E-state index contributed by atoms with van der Waals surface area (Å²) < 4.78 is 40.1. The Hall–Kier alpha value is -1.73. The molecule has 1 aromatic rings. The van der Waals surface area contributed by atoms with Crippen LogP contribution in [-0.4, -0.2) is 39.3 Å². The molecule has 1 saturated heterocycles. The lowest BCUT2D eigenvalue weighted by molar-refractivity contribution is -0.120. The van der Waals surface area contributed by atoms with Gasteiger partial charge in [-0.25, -0.2) is 12.8 Å². The van der Waals surface area contributed by atoms with Crippen molar-refractivity contribution in [3.05, 3.63) is 41.1 Å². The topological polar surface area (TPSA) is 75.3 Å². The number of halogens is 1. The van der Waals surface area contributed by atoms with Crippen LogP contribution in [0, 0.1) is 23.2 Å². The number of carbonyl (C=O) groups excluding carboxylic acids is 1. The van der Waals surface area contributed by atoms with E-state index in [1.54, 1.807) is 18.2 Å². The predicted octanol–water partition coefficient (Wildman–Crippen LogP) is 3.50. The molecular formula is C25H33FN2O3S. The minimum absolute atomic E-state index is 0.0880. The first-order valence-corrected chi connectivity index (χ1v) is 13.5. The Bertz CT molecular complexity index is 1110. The van der Waals surface area contributed by atoms with E-state index in [0.717, 1.165) is 36.1 Å². The van der Waals surface area contributed by atoms with Gasteiger partial charge in [-0.2, -0.15) is 0 Å². The molecule has 32 heavy (non-hydrogen) atoms. The second-order valence-corrected chi connectivity index (χ2v) is 13.3. The Morgan fingerprint density at radius 2 is 1.84 bits per heavy atom. The number of alkyl halides is 1. The Kier molecular flexibility index (Phi) is 4.92. The lowest BCUT2D eigenvalue weighted by Gasteiger charge is -2.57. The van der Waals surface area contributed by atoms with Crippen molar-refractivity contribution in [3.63, 3.8) is 0 Å². The molecule has 2 heterocycles. The van der Waals surface area contributed by atoms with E-state index in [4.69, 9.17) is 0 Å². The number of Topliss-reactive ketones (excluding diaryl/α,β-unsaturated/α-hetero) is 1. The van der Waals surface area contributed by atoms with Crippen LogP contribution < -0.4 is 10.6 Å². The van der Waals surface area contributed by atoms with Crippen molar-refractivity contribution in [2.45, 2.75) is 69.1 Å². The van der Waals surface area contributed by atoms with Crippen LogP contribution in [0.25, 0.3) is 0 Å². The highest BCUT2D eigenvalue weighted by Gasteiger charge is 2.60. The van der Waals surface area contributed by atoms with E-state index >= 15 is 4.39 Å². The number of piperidine rings is 1. The number of sulfone groups is 1. The average Bonchev–Trinajstić information content (AvgIpc) is 3.51. The quantitative estimate of drug-likeness (QED) is 0.722. The number of hydrogen-bond acceptors (Lipinski definition) is 5. The molecule has 0 radical (unpaired) electrons. The van der Waals surface area contributed by atoms with Crippen LogP contribution in [0.4, 0.5) is 4.39 Å². The molecule has 2 aliphatic heterocycles. The van der Waals surface area contributed by atoms with E-state index < -0.39 is 21.4 Å². The molecule has 5 nitrogen and oxygen atoms in total. The van der Waals surface area contributed by atoms with Gasteiger partial charge in [-0.05, 0) is 48.3 Å². The van der Waals surface area contributed by atoms with Crippen molar-refractivity contribution in [3.8, 4) is 0 Å². The molecule has 4 aliphatic rings. The molecule has 4 unspecified atom stereocenters. The van der Waals surface area contributed by atoms with Crippen LogP contribution in [0.1, 0.15) is 52.0 Å². The van der Waals surface area contributed by atoms with E-state index in [2.05, 4.69) is 24.5 Å². The number of fused-ring (bicyclic) bond motifs is 1. The summed E-state index contributed by atoms with van der Waals surface area (Å²) in [6, 6.07) is 6.97. The third-order valence-electron chi connectivity index (χ3n) is 8.14. The van der Waals surface area contributed by atoms with Gasteiger partial charge >= 0.3 is 0 Å². The first kappa shape index (κ1) is 22.1. The molecule has 2 N–H and O–H groups in total. The van der Waals surface area contributed by atoms with Crippen molar-refractivity contribution < 1.29 is 17.6 Å². The predicted molar refractivity (Wildman–Crippen MR) is 121 cm³/mol. The fourth-order valence-corrected chi connectivity index (χ4v) is 7.33. The van der Waals surface area contributed by atoms with E-state index in [0.29, 0.717) is 18.9 Å². The molecule has 2 aliphatic carbocycles. The van der Waals surface area contributed by atoms with Crippen LogP contribution in [0.15, 0.2) is 40.4 Å². The van der Waals surface area contributed by atoms with Crippen LogP contribution >= 0.6 is 0 Å². The molecule has 174 valence electrons. The van der Waals surface area contributed by atoms with Gasteiger partial charge in [0, 0.05) is 47.7 Å². The molecule has 1 saturated carbocycles. The van der Waals surface area contributed by atoms with Crippen molar-refractivity contribution in [2.75, 3.05) is 12.8 Å². The summed E-state index contributed by atoms with van der Waals surface area (Å²) in [5.41, 5.74) is 1.52. The third-order valence-corrected chi connectivity index (χ3v) is 9.25. The summed E-state index contributed by atoms with van der Waals surface area (Å²) in [5.74, 6) is 0.0518. The Morgan fingerprint density at radius 3 is 2.50 bits per heavy atom. The fourth-order valence-electron chi connectivity index (χ4n) is 6.67. The van der Waals surface area contributed by atoms with Crippen LogP contribution in [0.2, 0.25) is 0 Å². The zero-order valence-electron chi connectivity index (χ0n) is 19.2. The summed E-state index contributed by atoms with van der Waals surface area (Å²) in [5, 5.41) is 6.99. The van der Waals surface area contributed by atoms with Gasteiger partial charge in [-0.3, -0.25) is 10.1 Å². The van der Waals surface area contributed by atoms with Gasteiger partial charge in [0.15, 0.2) is 15.6 Å². The van der Waals surface area contributed by atoms with E-state index in [1.807, 2.05) is 13.0 Å². The van der Waals surface area contributed by atoms with Crippen molar-refractivity contribution in [1.29, 1.82) is 0 Å². The second kappa shape index (κ2) is 7.13. The minimum atomic E-state index is -3.42. The Labute approximate surface area is 190 Å². The second-order valence-electron chi connectivity index (χ2n) is 11.3. The lowest BCUT2D eigenvalue weighted by atomic mass is 9.54. The molecule has 1 aromatic carbocycles. The molecule has 0 amide bonds. The fraction of sp³-hybridized carbons (Fsp3) is 0.640. The number of rotatable bonds is 3. The van der Waals surface area contributed by atoms with Crippen LogP contribution in [0.3, 0.4) is 0 Å². The molecule has 0 bridgehead atoms. The summed E-state index contributed by atoms with van der Waals surface area (Å²) in [7, 11) is -3.42. The highest BCUT2D eigenvalue weighted by atomic mass is 32.2. The molecule has 0 spiro atoms. The highest BCUT2D eigenvalue weighted by Crippen LogP contribution is 2.58. The van der Waals surface area contributed by atoms with E-state index in [9.17, 15) is 13.2 Å². The smallest absolute Gasteiger partial charge is 0.175 e. The number of nitrogens with one attached hydrogen (secondary N) is 2. The number of carbonyl (C=O) groups is 1. The number of hydrogen-bond donors (Lipinski definition) is 2.